The van der Waals surface area contributed by atoms with Gasteiger partial charge < -0.3 is 24.2 Å². The predicted octanol–water partition coefficient (Wildman–Crippen LogP) is 2.19. The van der Waals surface area contributed by atoms with E-state index in [1.165, 1.54) is 0 Å². The molecule has 0 radical (unpaired) electrons. The smallest absolute Gasteiger partial charge is 0.255 e. The Labute approximate surface area is 169 Å². The summed E-state index contributed by atoms with van der Waals surface area (Å²) in [5.74, 6) is 1.66. The van der Waals surface area contributed by atoms with Gasteiger partial charge in [0.05, 0.1) is 18.7 Å². The van der Waals surface area contributed by atoms with Gasteiger partial charge in [0.1, 0.15) is 17.1 Å². The van der Waals surface area contributed by atoms with Gasteiger partial charge in [0.25, 0.3) is 11.8 Å². The van der Waals surface area contributed by atoms with Crippen LogP contribution >= 0.6 is 0 Å². The van der Waals surface area contributed by atoms with Gasteiger partial charge in [0.15, 0.2) is 0 Å². The Hall–Kier alpha value is -3.03. The molecule has 0 atom stereocenters. The first-order valence-electron chi connectivity index (χ1n) is 10.0. The number of aromatic nitrogens is 1. The average molecular weight is 399 g/mol. The van der Waals surface area contributed by atoms with Crippen LogP contribution in [-0.4, -0.2) is 53.7 Å². The van der Waals surface area contributed by atoms with Gasteiger partial charge in [0, 0.05) is 44.8 Å². The second kappa shape index (κ2) is 8.14. The number of aryl methyl sites for hydroxylation is 1. The minimum absolute atomic E-state index is 0.0762. The summed E-state index contributed by atoms with van der Waals surface area (Å²) in [7, 11) is 0. The Bertz CT molecular complexity index is 886. The molecule has 4 rings (SSSR count). The molecule has 1 aromatic heterocycles. The number of carbonyl (C=O) groups excluding carboxylic acids is 2. The number of hydrogen-bond acceptors (Lipinski definition) is 6. The summed E-state index contributed by atoms with van der Waals surface area (Å²) in [6.45, 7) is 4.03. The standard InChI is InChI=1S/C21H25N3O5/c1-2-27-18-13-15(29-23-18)7-8-19(25)24-11-9-21(10-12-24)14-22-20(26)16-5-3-4-6-17(16)28-21/h3-6,13H,2,7-12,14H2,1H3,(H,22,26). The molecule has 2 aliphatic rings. The third kappa shape index (κ3) is 4.21. The third-order valence-corrected chi connectivity index (χ3v) is 5.47. The molecular weight excluding hydrogens is 374 g/mol. The van der Waals surface area contributed by atoms with Crippen LogP contribution < -0.4 is 14.8 Å². The van der Waals surface area contributed by atoms with E-state index in [2.05, 4.69) is 10.5 Å². The first-order chi connectivity index (χ1) is 14.1. The Kier molecular flexibility index (Phi) is 5.42. The first kappa shape index (κ1) is 19.3. The zero-order chi connectivity index (χ0) is 20.3. The maximum Gasteiger partial charge on any atom is 0.255 e. The van der Waals surface area contributed by atoms with Crippen molar-refractivity contribution in [1.29, 1.82) is 0 Å². The number of amides is 2. The minimum Gasteiger partial charge on any atom is -0.484 e. The fourth-order valence-electron chi connectivity index (χ4n) is 3.81. The van der Waals surface area contributed by atoms with Crippen LogP contribution in [0.3, 0.4) is 0 Å². The van der Waals surface area contributed by atoms with Gasteiger partial charge in [-0.05, 0) is 24.2 Å². The maximum absolute atomic E-state index is 12.6. The number of rotatable bonds is 5. The molecule has 2 aliphatic heterocycles. The van der Waals surface area contributed by atoms with Crippen LogP contribution in [-0.2, 0) is 11.2 Å². The fraction of sp³-hybridized carbons (Fsp3) is 0.476. The number of ether oxygens (including phenoxy) is 2. The summed E-state index contributed by atoms with van der Waals surface area (Å²) in [5, 5.41) is 6.78. The van der Waals surface area contributed by atoms with E-state index in [4.69, 9.17) is 14.0 Å². The van der Waals surface area contributed by atoms with Crippen LogP contribution in [0, 0.1) is 0 Å². The number of hydrogen-bond donors (Lipinski definition) is 1. The number of piperidine rings is 1. The Morgan fingerprint density at radius 3 is 2.90 bits per heavy atom. The van der Waals surface area contributed by atoms with Crippen molar-refractivity contribution in [3.63, 3.8) is 0 Å². The molecule has 0 saturated carbocycles. The second-order valence-corrected chi connectivity index (χ2v) is 7.41. The summed E-state index contributed by atoms with van der Waals surface area (Å²) in [6, 6.07) is 9.01. The molecule has 1 spiro atoms. The molecule has 1 N–H and O–H groups in total. The van der Waals surface area contributed by atoms with E-state index in [1.807, 2.05) is 30.0 Å². The van der Waals surface area contributed by atoms with Gasteiger partial charge in [-0.1, -0.05) is 12.1 Å². The van der Waals surface area contributed by atoms with Gasteiger partial charge in [-0.3, -0.25) is 9.59 Å². The van der Waals surface area contributed by atoms with E-state index < -0.39 is 5.60 Å². The number of likely N-dealkylation sites (tertiary alicyclic amines) is 1. The van der Waals surface area contributed by atoms with Crippen molar-refractivity contribution >= 4 is 11.8 Å². The molecule has 8 heteroatoms. The van der Waals surface area contributed by atoms with E-state index >= 15 is 0 Å². The highest BCUT2D eigenvalue weighted by Crippen LogP contribution is 2.33. The SMILES string of the molecule is CCOc1cc(CCC(=O)N2CCC3(CC2)CNC(=O)c2ccccc2O3)on1. The first-order valence-corrected chi connectivity index (χ1v) is 10.0. The largest absolute Gasteiger partial charge is 0.484 e. The minimum atomic E-state index is -0.476. The molecule has 0 aliphatic carbocycles. The van der Waals surface area contributed by atoms with Crippen LogP contribution in [0.15, 0.2) is 34.9 Å². The quantitative estimate of drug-likeness (QED) is 0.828. The van der Waals surface area contributed by atoms with E-state index in [0.29, 0.717) is 74.9 Å². The maximum atomic E-state index is 12.6. The highest BCUT2D eigenvalue weighted by molar-refractivity contribution is 5.97. The molecule has 29 heavy (non-hydrogen) atoms. The lowest BCUT2D eigenvalue weighted by Gasteiger charge is -2.41. The molecule has 3 heterocycles. The number of para-hydroxylation sites is 1. The van der Waals surface area contributed by atoms with Crippen molar-refractivity contribution in [1.82, 2.24) is 15.4 Å². The summed E-state index contributed by atoms with van der Waals surface area (Å²) < 4.78 is 16.7. The van der Waals surface area contributed by atoms with Crippen LogP contribution in [0.25, 0.3) is 0 Å². The van der Waals surface area contributed by atoms with Crippen molar-refractivity contribution < 1.29 is 23.6 Å². The summed E-state index contributed by atoms with van der Waals surface area (Å²) in [6.07, 6.45) is 2.18. The molecule has 0 unspecified atom stereocenters. The number of benzene rings is 1. The van der Waals surface area contributed by atoms with Crippen LogP contribution in [0.5, 0.6) is 11.6 Å². The van der Waals surface area contributed by atoms with Crippen LogP contribution in [0.1, 0.15) is 42.3 Å². The van der Waals surface area contributed by atoms with Crippen molar-refractivity contribution in [3.8, 4) is 11.6 Å². The lowest BCUT2D eigenvalue weighted by molar-refractivity contribution is -0.134. The highest BCUT2D eigenvalue weighted by atomic mass is 16.5. The van der Waals surface area contributed by atoms with Crippen molar-refractivity contribution in [2.24, 2.45) is 0 Å². The molecule has 2 aromatic rings. The van der Waals surface area contributed by atoms with E-state index in [1.54, 1.807) is 12.1 Å². The van der Waals surface area contributed by atoms with E-state index in [0.717, 1.165) is 0 Å². The molecule has 154 valence electrons. The summed E-state index contributed by atoms with van der Waals surface area (Å²) in [5.41, 5.74) is 0.0810. The number of carbonyl (C=O) groups is 2. The predicted molar refractivity (Wildman–Crippen MR) is 104 cm³/mol. The Morgan fingerprint density at radius 1 is 1.31 bits per heavy atom. The van der Waals surface area contributed by atoms with Crippen LogP contribution in [0.4, 0.5) is 0 Å². The topological polar surface area (TPSA) is 93.9 Å². The van der Waals surface area contributed by atoms with Gasteiger partial charge in [-0.2, -0.15) is 0 Å². The molecule has 8 nitrogen and oxygen atoms in total. The third-order valence-electron chi connectivity index (χ3n) is 5.47. The highest BCUT2D eigenvalue weighted by Gasteiger charge is 2.40. The molecule has 2 amide bonds. The zero-order valence-electron chi connectivity index (χ0n) is 16.5. The molecular formula is C21H25N3O5. The van der Waals surface area contributed by atoms with Crippen molar-refractivity contribution in [2.75, 3.05) is 26.2 Å². The van der Waals surface area contributed by atoms with Crippen molar-refractivity contribution in [3.05, 3.63) is 41.7 Å². The van der Waals surface area contributed by atoms with Gasteiger partial charge in [-0.25, -0.2) is 0 Å². The number of fused-ring (bicyclic) bond motifs is 1. The molecule has 1 saturated heterocycles. The fourth-order valence-corrected chi connectivity index (χ4v) is 3.81. The Morgan fingerprint density at radius 2 is 2.10 bits per heavy atom. The second-order valence-electron chi connectivity index (χ2n) is 7.41. The van der Waals surface area contributed by atoms with Gasteiger partial charge in [0.2, 0.25) is 5.91 Å². The van der Waals surface area contributed by atoms with Gasteiger partial charge >= 0.3 is 0 Å². The zero-order valence-corrected chi connectivity index (χ0v) is 16.5. The lowest BCUT2D eigenvalue weighted by atomic mass is 9.90. The normalized spacial score (nSPS) is 17.8. The summed E-state index contributed by atoms with van der Waals surface area (Å²) >= 11 is 0. The number of nitrogens with one attached hydrogen (secondary N) is 1. The molecule has 1 fully saturated rings. The number of nitrogens with zero attached hydrogens (tertiary/aromatic N) is 2. The van der Waals surface area contributed by atoms with E-state index in [9.17, 15) is 9.59 Å². The van der Waals surface area contributed by atoms with Gasteiger partial charge in [-0.15, -0.1) is 0 Å². The monoisotopic (exact) mass is 399 g/mol. The molecule has 1 aromatic carbocycles. The van der Waals surface area contributed by atoms with Crippen LogP contribution in [0.2, 0.25) is 0 Å². The van der Waals surface area contributed by atoms with E-state index in [-0.39, 0.29) is 11.8 Å². The summed E-state index contributed by atoms with van der Waals surface area (Å²) in [4.78, 5) is 26.8. The van der Waals surface area contributed by atoms with Crippen molar-refractivity contribution in [2.45, 2.75) is 38.2 Å². The lowest BCUT2D eigenvalue weighted by Crippen LogP contribution is -2.54. The molecule has 0 bridgehead atoms. The Balaban J connectivity index is 1.33. The average Bonchev–Trinajstić information content (AvgIpc) is 3.14.